The summed E-state index contributed by atoms with van der Waals surface area (Å²) in [5.74, 6) is 0.838. The van der Waals surface area contributed by atoms with E-state index in [1.807, 2.05) is 0 Å². The summed E-state index contributed by atoms with van der Waals surface area (Å²) in [6.07, 6.45) is 4.46. The smallest absolute Gasteiger partial charge is 0.0690 e. The number of hydrogen-bond donors (Lipinski definition) is 2. The minimum absolute atomic E-state index is 0.183. The van der Waals surface area contributed by atoms with Crippen molar-refractivity contribution in [2.24, 2.45) is 17.6 Å². The predicted molar refractivity (Wildman–Crippen MR) is 52.9 cm³/mol. The molecule has 3 aliphatic rings. The Morgan fingerprint density at radius 3 is 2.15 bits per heavy atom. The monoisotopic (exact) mass is 174 g/mol. The SMILES string of the molecule is C=C(C)C1C(C(=C)N)C23C=CC12N3. The summed E-state index contributed by atoms with van der Waals surface area (Å²) in [5.41, 5.74) is 8.22. The Morgan fingerprint density at radius 2 is 1.85 bits per heavy atom. The molecule has 0 spiro atoms. The van der Waals surface area contributed by atoms with Crippen molar-refractivity contribution in [3.8, 4) is 0 Å². The highest BCUT2D eigenvalue weighted by Gasteiger charge is 2.86. The van der Waals surface area contributed by atoms with Gasteiger partial charge in [0.2, 0.25) is 0 Å². The molecule has 2 nitrogen and oxygen atoms in total. The standard InChI is InChI=1S/C11H14N2/c1-6(2)8-9(7(3)12)11-5-4-10(8,11)13-11/h4-5,8-9,13H,1,3,12H2,2H3. The largest absolute Gasteiger partial charge is 0.402 e. The van der Waals surface area contributed by atoms with Gasteiger partial charge in [0.25, 0.3) is 0 Å². The maximum Gasteiger partial charge on any atom is 0.0690 e. The van der Waals surface area contributed by atoms with Gasteiger partial charge in [-0.05, 0) is 6.92 Å². The molecular formula is C11H14N2. The van der Waals surface area contributed by atoms with Gasteiger partial charge in [-0.2, -0.15) is 0 Å². The van der Waals surface area contributed by atoms with Gasteiger partial charge in [0.15, 0.2) is 0 Å². The quantitative estimate of drug-likeness (QED) is 0.483. The molecule has 3 rings (SSSR count). The number of nitrogens with two attached hydrogens (primary N) is 1. The number of rotatable bonds is 2. The molecule has 0 amide bonds. The molecule has 1 heterocycles. The second kappa shape index (κ2) is 1.62. The maximum absolute atomic E-state index is 5.81. The van der Waals surface area contributed by atoms with Crippen LogP contribution in [-0.2, 0) is 0 Å². The molecule has 1 saturated carbocycles. The summed E-state index contributed by atoms with van der Waals surface area (Å²) >= 11 is 0. The maximum atomic E-state index is 5.81. The zero-order chi connectivity index (χ0) is 9.43. The Bertz CT molecular complexity index is 334. The zero-order valence-electron chi connectivity index (χ0n) is 7.80. The van der Waals surface area contributed by atoms with Crippen molar-refractivity contribution in [1.29, 1.82) is 0 Å². The molecule has 2 aliphatic carbocycles. The lowest BCUT2D eigenvalue weighted by Crippen LogP contribution is -2.59. The fourth-order valence-electron chi connectivity index (χ4n) is 3.32. The highest BCUT2D eigenvalue weighted by molar-refractivity contribution is 5.65. The van der Waals surface area contributed by atoms with E-state index in [0.717, 1.165) is 5.70 Å². The molecule has 0 aromatic carbocycles. The van der Waals surface area contributed by atoms with Crippen LogP contribution in [0.4, 0.5) is 0 Å². The molecule has 0 radical (unpaired) electrons. The van der Waals surface area contributed by atoms with Crippen LogP contribution >= 0.6 is 0 Å². The number of hydrogen-bond acceptors (Lipinski definition) is 2. The molecule has 2 fully saturated rings. The molecule has 0 aromatic heterocycles. The van der Waals surface area contributed by atoms with Gasteiger partial charge in [-0.1, -0.05) is 30.9 Å². The normalized spacial score (nSPS) is 53.9. The summed E-state index contributed by atoms with van der Waals surface area (Å²) in [6, 6.07) is 0. The molecule has 0 bridgehead atoms. The van der Waals surface area contributed by atoms with Crippen molar-refractivity contribution in [2.45, 2.75) is 18.0 Å². The predicted octanol–water partition coefficient (Wildman–Crippen LogP) is 0.931. The van der Waals surface area contributed by atoms with Gasteiger partial charge in [-0.15, -0.1) is 0 Å². The Kier molecular flexibility index (Phi) is 0.921. The Balaban J connectivity index is 2.01. The van der Waals surface area contributed by atoms with Crippen LogP contribution < -0.4 is 11.1 Å². The average molecular weight is 174 g/mol. The van der Waals surface area contributed by atoms with Crippen LogP contribution in [0.1, 0.15) is 6.92 Å². The van der Waals surface area contributed by atoms with E-state index in [1.54, 1.807) is 0 Å². The lowest BCUT2D eigenvalue weighted by Gasteiger charge is -2.51. The van der Waals surface area contributed by atoms with Crippen molar-refractivity contribution in [3.05, 3.63) is 36.6 Å². The van der Waals surface area contributed by atoms with Gasteiger partial charge in [-0.3, -0.25) is 5.32 Å². The minimum Gasteiger partial charge on any atom is -0.402 e. The van der Waals surface area contributed by atoms with E-state index in [9.17, 15) is 0 Å². The van der Waals surface area contributed by atoms with Crippen LogP contribution in [0, 0.1) is 11.8 Å². The molecular weight excluding hydrogens is 160 g/mol. The van der Waals surface area contributed by atoms with Gasteiger partial charge < -0.3 is 5.73 Å². The van der Waals surface area contributed by atoms with E-state index in [4.69, 9.17) is 5.73 Å². The van der Waals surface area contributed by atoms with Crippen molar-refractivity contribution in [3.63, 3.8) is 0 Å². The van der Waals surface area contributed by atoms with Gasteiger partial charge in [0.1, 0.15) is 0 Å². The van der Waals surface area contributed by atoms with Crippen molar-refractivity contribution in [2.75, 3.05) is 0 Å². The van der Waals surface area contributed by atoms with Crippen LogP contribution in [0.15, 0.2) is 36.6 Å². The first-order valence-electron chi connectivity index (χ1n) is 4.64. The Hall–Kier alpha value is -1.02. The highest BCUT2D eigenvalue weighted by Crippen LogP contribution is 2.73. The third kappa shape index (κ3) is 0.479. The molecule has 1 aliphatic heterocycles. The fourth-order valence-corrected chi connectivity index (χ4v) is 3.32. The summed E-state index contributed by atoms with van der Waals surface area (Å²) in [4.78, 5) is 0. The topological polar surface area (TPSA) is 48.0 Å². The highest BCUT2D eigenvalue weighted by atomic mass is 15.4. The van der Waals surface area contributed by atoms with Crippen LogP contribution in [-0.4, -0.2) is 11.1 Å². The van der Waals surface area contributed by atoms with Gasteiger partial charge in [0.05, 0.1) is 11.1 Å². The first-order chi connectivity index (χ1) is 6.05. The molecule has 4 atom stereocenters. The molecule has 68 valence electrons. The summed E-state index contributed by atoms with van der Waals surface area (Å²) in [5, 5.41) is 3.52. The molecule has 0 aromatic rings. The first kappa shape index (κ1) is 7.39. The molecule has 13 heavy (non-hydrogen) atoms. The second-order valence-corrected chi connectivity index (χ2v) is 4.57. The lowest BCUT2D eigenvalue weighted by molar-refractivity contribution is 0.197. The van der Waals surface area contributed by atoms with Crippen LogP contribution in [0.2, 0.25) is 0 Å². The molecule has 1 saturated heterocycles. The Labute approximate surface area is 78.2 Å². The van der Waals surface area contributed by atoms with E-state index in [1.165, 1.54) is 5.57 Å². The number of nitrogens with one attached hydrogen (secondary N) is 1. The van der Waals surface area contributed by atoms with E-state index in [0.29, 0.717) is 11.8 Å². The third-order valence-electron chi connectivity index (χ3n) is 3.89. The van der Waals surface area contributed by atoms with Gasteiger partial charge in [-0.25, -0.2) is 0 Å². The molecule has 4 unspecified atom stereocenters. The third-order valence-corrected chi connectivity index (χ3v) is 3.89. The van der Waals surface area contributed by atoms with Gasteiger partial charge >= 0.3 is 0 Å². The zero-order valence-corrected chi connectivity index (χ0v) is 7.80. The fraction of sp³-hybridized carbons (Fsp3) is 0.455. The van der Waals surface area contributed by atoms with E-state index >= 15 is 0 Å². The minimum atomic E-state index is 0.183. The van der Waals surface area contributed by atoms with Crippen LogP contribution in [0.3, 0.4) is 0 Å². The van der Waals surface area contributed by atoms with Gasteiger partial charge in [0, 0.05) is 17.5 Å². The van der Waals surface area contributed by atoms with Crippen molar-refractivity contribution < 1.29 is 0 Å². The lowest BCUT2D eigenvalue weighted by atomic mass is 9.49. The van der Waals surface area contributed by atoms with Crippen LogP contribution in [0.25, 0.3) is 0 Å². The van der Waals surface area contributed by atoms with Crippen molar-refractivity contribution in [1.82, 2.24) is 5.32 Å². The van der Waals surface area contributed by atoms with E-state index in [-0.39, 0.29) is 11.1 Å². The Morgan fingerprint density at radius 1 is 1.31 bits per heavy atom. The summed E-state index contributed by atoms with van der Waals surface area (Å²) in [6.45, 7) is 9.96. The summed E-state index contributed by atoms with van der Waals surface area (Å²) < 4.78 is 0. The molecule has 2 heteroatoms. The molecule has 3 N–H and O–H groups in total. The van der Waals surface area contributed by atoms with Crippen molar-refractivity contribution >= 4 is 0 Å². The van der Waals surface area contributed by atoms with Crippen LogP contribution in [0.5, 0.6) is 0 Å². The summed E-state index contributed by atoms with van der Waals surface area (Å²) in [7, 11) is 0. The first-order valence-corrected chi connectivity index (χ1v) is 4.64. The van der Waals surface area contributed by atoms with E-state index < -0.39 is 0 Å². The average Bonchev–Trinajstić information content (AvgIpc) is 2.50. The van der Waals surface area contributed by atoms with E-state index in [2.05, 4.69) is 37.6 Å². The second-order valence-electron chi connectivity index (χ2n) is 4.57.